The Kier molecular flexibility index (Phi) is 4.80. The van der Waals surface area contributed by atoms with E-state index in [1.54, 1.807) is 0 Å². The Morgan fingerprint density at radius 2 is 1.77 bits per heavy atom. The zero-order chi connectivity index (χ0) is 20.6. The van der Waals surface area contributed by atoms with E-state index in [1.807, 2.05) is 48.5 Å². The third kappa shape index (κ3) is 3.27. The van der Waals surface area contributed by atoms with Crippen LogP contribution in [0.2, 0.25) is 0 Å². The van der Waals surface area contributed by atoms with Crippen LogP contribution in [-0.2, 0) is 4.79 Å². The topological polar surface area (TPSA) is 50.4 Å². The van der Waals surface area contributed by atoms with E-state index < -0.39 is 5.54 Å². The number of rotatable bonds is 4. The lowest BCUT2D eigenvalue weighted by atomic mass is 9.85. The Bertz CT molecular complexity index is 1070. The van der Waals surface area contributed by atoms with E-state index >= 15 is 0 Å². The summed E-state index contributed by atoms with van der Waals surface area (Å²) in [6.45, 7) is 2.94. The molecule has 1 amide bonds. The zero-order valence-electron chi connectivity index (χ0n) is 17.1. The van der Waals surface area contributed by atoms with Gasteiger partial charge in [0.2, 0.25) is 5.91 Å². The van der Waals surface area contributed by atoms with Crippen molar-refractivity contribution >= 4 is 5.91 Å². The normalized spacial score (nSPS) is 25.4. The molecule has 1 spiro atoms. The number of para-hydroxylation sites is 2. The van der Waals surface area contributed by atoms with Gasteiger partial charge < -0.3 is 10.1 Å². The lowest BCUT2D eigenvalue weighted by molar-refractivity contribution is -0.125. The summed E-state index contributed by atoms with van der Waals surface area (Å²) in [6, 6.07) is 26.7. The molecule has 0 saturated carbocycles. The number of carbonyl (C=O) groups is 1. The molecule has 2 N–H and O–H groups in total. The van der Waals surface area contributed by atoms with E-state index in [0.29, 0.717) is 5.92 Å². The Morgan fingerprint density at radius 1 is 0.967 bits per heavy atom. The van der Waals surface area contributed by atoms with Crippen molar-refractivity contribution in [2.75, 3.05) is 6.54 Å². The molecule has 4 heteroatoms. The minimum atomic E-state index is -0.422. The van der Waals surface area contributed by atoms with Crippen LogP contribution in [0.25, 0.3) is 11.1 Å². The predicted molar refractivity (Wildman–Crippen MR) is 118 cm³/mol. The van der Waals surface area contributed by atoms with Gasteiger partial charge in [-0.05, 0) is 54.2 Å². The van der Waals surface area contributed by atoms with Crippen LogP contribution in [0.4, 0.5) is 0 Å². The first-order chi connectivity index (χ1) is 14.7. The molecule has 0 aromatic heterocycles. The molecular formula is C26H26N2O2. The summed E-state index contributed by atoms with van der Waals surface area (Å²) in [6.07, 6.45) is 1.82. The van der Waals surface area contributed by atoms with Crippen molar-refractivity contribution < 1.29 is 9.53 Å². The van der Waals surface area contributed by atoms with Gasteiger partial charge in [-0.3, -0.25) is 10.1 Å². The predicted octanol–water partition coefficient (Wildman–Crippen LogP) is 5.08. The van der Waals surface area contributed by atoms with Crippen LogP contribution >= 0.6 is 0 Å². The van der Waals surface area contributed by atoms with E-state index in [2.05, 4.69) is 47.9 Å². The number of carbonyl (C=O) groups excluding carboxylic acids is 1. The Labute approximate surface area is 177 Å². The van der Waals surface area contributed by atoms with E-state index in [-0.39, 0.29) is 11.9 Å². The number of benzene rings is 3. The third-order valence-electron chi connectivity index (χ3n) is 6.53. The molecule has 2 aliphatic rings. The summed E-state index contributed by atoms with van der Waals surface area (Å²) < 4.78 is 6.17. The van der Waals surface area contributed by atoms with Crippen molar-refractivity contribution in [2.45, 2.75) is 31.3 Å². The molecule has 2 saturated heterocycles. The molecule has 2 fully saturated rings. The molecule has 3 unspecified atom stereocenters. The average Bonchev–Trinajstić information content (AvgIpc) is 3.32. The highest BCUT2D eigenvalue weighted by molar-refractivity contribution is 5.89. The Balaban J connectivity index is 1.45. The monoisotopic (exact) mass is 398 g/mol. The molecule has 5 rings (SSSR count). The van der Waals surface area contributed by atoms with Crippen LogP contribution in [0.15, 0.2) is 78.9 Å². The van der Waals surface area contributed by atoms with Gasteiger partial charge in [-0.15, -0.1) is 0 Å². The SMILES string of the molecule is CC1CC(c2cccc(-c3ccccc3Oc3ccccc3)c2)NC12CCNC2=O. The fourth-order valence-electron chi connectivity index (χ4n) is 4.87. The van der Waals surface area contributed by atoms with Gasteiger partial charge in [-0.2, -0.15) is 0 Å². The van der Waals surface area contributed by atoms with Crippen molar-refractivity contribution in [3.8, 4) is 22.6 Å². The maximum atomic E-state index is 12.5. The second-order valence-electron chi connectivity index (χ2n) is 8.35. The summed E-state index contributed by atoms with van der Waals surface area (Å²) in [5.41, 5.74) is 2.97. The summed E-state index contributed by atoms with van der Waals surface area (Å²) >= 11 is 0. The van der Waals surface area contributed by atoms with Gasteiger partial charge in [0.1, 0.15) is 17.0 Å². The lowest BCUT2D eigenvalue weighted by Crippen LogP contribution is -2.50. The van der Waals surface area contributed by atoms with Crippen molar-refractivity contribution in [1.29, 1.82) is 0 Å². The first-order valence-electron chi connectivity index (χ1n) is 10.6. The number of hydrogen-bond acceptors (Lipinski definition) is 3. The third-order valence-corrected chi connectivity index (χ3v) is 6.53. The van der Waals surface area contributed by atoms with E-state index in [0.717, 1.165) is 42.0 Å². The van der Waals surface area contributed by atoms with Gasteiger partial charge >= 0.3 is 0 Å². The van der Waals surface area contributed by atoms with Crippen molar-refractivity contribution in [3.63, 3.8) is 0 Å². The standard InChI is InChI=1S/C26H26N2O2/c1-18-16-23(28-26(18)14-15-27-25(26)29)20-9-7-8-19(17-20)22-12-5-6-13-24(22)30-21-10-3-2-4-11-21/h2-13,17-18,23,28H,14-16H2,1H3,(H,27,29). The molecule has 3 aromatic rings. The largest absolute Gasteiger partial charge is 0.457 e. The van der Waals surface area contributed by atoms with E-state index in [1.165, 1.54) is 5.56 Å². The molecule has 30 heavy (non-hydrogen) atoms. The first-order valence-corrected chi connectivity index (χ1v) is 10.6. The lowest BCUT2D eigenvalue weighted by Gasteiger charge is -2.26. The number of hydrogen-bond donors (Lipinski definition) is 2. The molecule has 0 radical (unpaired) electrons. The van der Waals surface area contributed by atoms with Gasteiger partial charge in [0.15, 0.2) is 0 Å². The minimum Gasteiger partial charge on any atom is -0.457 e. The summed E-state index contributed by atoms with van der Waals surface area (Å²) in [4.78, 5) is 12.5. The highest BCUT2D eigenvalue weighted by Crippen LogP contribution is 2.42. The van der Waals surface area contributed by atoms with Crippen LogP contribution in [0, 0.1) is 5.92 Å². The van der Waals surface area contributed by atoms with Gasteiger partial charge in [-0.1, -0.05) is 61.5 Å². The van der Waals surface area contributed by atoms with Crippen LogP contribution in [0.3, 0.4) is 0 Å². The highest BCUT2D eigenvalue weighted by Gasteiger charge is 2.52. The molecule has 0 aliphatic carbocycles. The Hall–Kier alpha value is -3.11. The molecular weight excluding hydrogens is 372 g/mol. The number of ether oxygens (including phenoxy) is 1. The molecule has 0 bridgehead atoms. The minimum absolute atomic E-state index is 0.148. The van der Waals surface area contributed by atoms with Crippen molar-refractivity contribution in [3.05, 3.63) is 84.4 Å². The second-order valence-corrected chi connectivity index (χ2v) is 8.35. The van der Waals surface area contributed by atoms with Gasteiger partial charge in [0.25, 0.3) is 0 Å². The van der Waals surface area contributed by atoms with Crippen LogP contribution in [0.1, 0.15) is 31.4 Å². The maximum absolute atomic E-state index is 12.5. The fourth-order valence-corrected chi connectivity index (χ4v) is 4.87. The molecule has 2 aliphatic heterocycles. The molecule has 3 atom stereocenters. The van der Waals surface area contributed by atoms with Crippen LogP contribution in [-0.4, -0.2) is 18.0 Å². The van der Waals surface area contributed by atoms with Crippen molar-refractivity contribution in [2.24, 2.45) is 5.92 Å². The summed E-state index contributed by atoms with van der Waals surface area (Å²) in [5.74, 6) is 2.11. The molecule has 4 nitrogen and oxygen atoms in total. The fraction of sp³-hybridized carbons (Fsp3) is 0.269. The van der Waals surface area contributed by atoms with Gasteiger partial charge in [0.05, 0.1) is 0 Å². The van der Waals surface area contributed by atoms with E-state index in [9.17, 15) is 4.79 Å². The van der Waals surface area contributed by atoms with Crippen LogP contribution < -0.4 is 15.4 Å². The molecule has 3 aromatic carbocycles. The summed E-state index contributed by atoms with van der Waals surface area (Å²) in [5, 5.41) is 6.68. The smallest absolute Gasteiger partial charge is 0.240 e. The Morgan fingerprint density at radius 3 is 2.57 bits per heavy atom. The zero-order valence-corrected chi connectivity index (χ0v) is 17.1. The summed E-state index contributed by atoms with van der Waals surface area (Å²) in [7, 11) is 0. The highest BCUT2D eigenvalue weighted by atomic mass is 16.5. The average molecular weight is 399 g/mol. The van der Waals surface area contributed by atoms with Crippen LogP contribution in [0.5, 0.6) is 11.5 Å². The number of amides is 1. The van der Waals surface area contributed by atoms with Gasteiger partial charge in [-0.25, -0.2) is 0 Å². The second kappa shape index (κ2) is 7.62. The maximum Gasteiger partial charge on any atom is 0.240 e. The first kappa shape index (κ1) is 18.9. The van der Waals surface area contributed by atoms with Gasteiger partial charge in [0, 0.05) is 18.2 Å². The quantitative estimate of drug-likeness (QED) is 0.645. The molecule has 152 valence electrons. The number of nitrogens with one attached hydrogen (secondary N) is 2. The van der Waals surface area contributed by atoms with Crippen molar-refractivity contribution in [1.82, 2.24) is 10.6 Å². The molecule has 2 heterocycles. The van der Waals surface area contributed by atoms with E-state index in [4.69, 9.17) is 4.74 Å².